The smallest absolute Gasteiger partial charge is 0.408 e. The van der Waals surface area contributed by atoms with E-state index in [0.29, 0.717) is 29.1 Å². The molecule has 2 aromatic carbocycles. The van der Waals surface area contributed by atoms with Crippen LogP contribution in [0.1, 0.15) is 23.2 Å². The van der Waals surface area contributed by atoms with E-state index in [1.54, 1.807) is 30.3 Å². The average molecular weight is 408 g/mol. The first-order chi connectivity index (χ1) is 13.0. The summed E-state index contributed by atoms with van der Waals surface area (Å²) in [5, 5.41) is 0.575. The largest absolute Gasteiger partial charge is 0.419 e. The number of halogens is 2. The van der Waals surface area contributed by atoms with Crippen molar-refractivity contribution in [2.75, 3.05) is 0 Å². The van der Waals surface area contributed by atoms with Crippen LogP contribution in [-0.4, -0.2) is 16.4 Å². The van der Waals surface area contributed by atoms with Gasteiger partial charge in [-0.2, -0.15) is 0 Å². The number of hydrazine groups is 1. The molecule has 9 heteroatoms. The molecular weight excluding hydrogens is 393 g/mol. The van der Waals surface area contributed by atoms with E-state index in [0.717, 1.165) is 0 Å². The van der Waals surface area contributed by atoms with Crippen molar-refractivity contribution < 1.29 is 14.0 Å². The molecule has 0 saturated carbocycles. The van der Waals surface area contributed by atoms with E-state index in [1.807, 2.05) is 0 Å². The fraction of sp³-hybridized carbons (Fsp3) is 0.167. The van der Waals surface area contributed by atoms with E-state index in [4.69, 9.17) is 27.6 Å². The standard InChI is InChI=1S/C18H15Cl2N3O4/c19-11-7-8-13(20)12(10-11)17(25)22-21-16(24)6-3-9-23-14-4-1-2-5-15(14)27-18(23)26/h1-2,4-5,7-8,10H,3,6,9H2,(H,21,24)(H,22,25). The molecule has 0 aliphatic rings. The summed E-state index contributed by atoms with van der Waals surface area (Å²) < 4.78 is 6.60. The van der Waals surface area contributed by atoms with E-state index in [1.165, 1.54) is 16.7 Å². The molecule has 0 aliphatic carbocycles. The Kier molecular flexibility index (Phi) is 5.83. The third-order valence-electron chi connectivity index (χ3n) is 3.85. The third-order valence-corrected chi connectivity index (χ3v) is 4.41. The van der Waals surface area contributed by atoms with Gasteiger partial charge in [0.15, 0.2) is 5.58 Å². The number of carbonyl (C=O) groups is 2. The lowest BCUT2D eigenvalue weighted by Gasteiger charge is -2.09. The van der Waals surface area contributed by atoms with Crippen molar-refractivity contribution in [2.24, 2.45) is 0 Å². The molecule has 0 aliphatic heterocycles. The molecular formula is C18H15Cl2N3O4. The van der Waals surface area contributed by atoms with Crippen molar-refractivity contribution in [1.29, 1.82) is 0 Å². The van der Waals surface area contributed by atoms with Crippen molar-refractivity contribution in [3.8, 4) is 0 Å². The molecule has 0 saturated heterocycles. The minimum absolute atomic E-state index is 0.107. The van der Waals surface area contributed by atoms with E-state index in [9.17, 15) is 14.4 Å². The van der Waals surface area contributed by atoms with Crippen molar-refractivity contribution in [2.45, 2.75) is 19.4 Å². The number of hydrogen-bond donors (Lipinski definition) is 2. The number of carbonyl (C=O) groups excluding carboxylic acids is 2. The summed E-state index contributed by atoms with van der Waals surface area (Å²) in [6.45, 7) is 0.317. The second kappa shape index (κ2) is 8.28. The van der Waals surface area contributed by atoms with Crippen LogP contribution < -0.4 is 16.6 Å². The Morgan fingerprint density at radius 2 is 1.85 bits per heavy atom. The number of aryl methyl sites for hydroxylation is 1. The first kappa shape index (κ1) is 19.0. The normalized spacial score (nSPS) is 10.7. The van der Waals surface area contributed by atoms with Crippen LogP contribution in [0.2, 0.25) is 10.0 Å². The summed E-state index contributed by atoms with van der Waals surface area (Å²) in [6, 6.07) is 11.5. The molecule has 7 nitrogen and oxygen atoms in total. The van der Waals surface area contributed by atoms with Crippen LogP contribution in [0.15, 0.2) is 51.7 Å². The monoisotopic (exact) mass is 407 g/mol. The Labute approximate surface area is 163 Å². The summed E-state index contributed by atoms with van der Waals surface area (Å²) in [5.41, 5.74) is 5.92. The van der Waals surface area contributed by atoms with Crippen LogP contribution in [0, 0.1) is 0 Å². The van der Waals surface area contributed by atoms with Crippen molar-refractivity contribution in [1.82, 2.24) is 15.4 Å². The quantitative estimate of drug-likeness (QED) is 0.635. The number of hydrogen-bond acceptors (Lipinski definition) is 4. The van der Waals surface area contributed by atoms with Gasteiger partial charge < -0.3 is 4.42 Å². The number of nitrogens with zero attached hydrogens (tertiary/aromatic N) is 1. The molecule has 1 heterocycles. The zero-order valence-electron chi connectivity index (χ0n) is 14.0. The fourth-order valence-electron chi connectivity index (χ4n) is 2.55. The summed E-state index contributed by atoms with van der Waals surface area (Å²) in [6.07, 6.45) is 0.499. The van der Waals surface area contributed by atoms with E-state index in [2.05, 4.69) is 10.9 Å². The van der Waals surface area contributed by atoms with Gasteiger partial charge in [-0.25, -0.2) is 4.79 Å². The molecule has 1 aromatic heterocycles. The number of benzene rings is 2. The second-order valence-electron chi connectivity index (χ2n) is 5.72. The van der Waals surface area contributed by atoms with Crippen LogP contribution in [-0.2, 0) is 11.3 Å². The van der Waals surface area contributed by atoms with Gasteiger partial charge in [0, 0.05) is 18.0 Å². The minimum Gasteiger partial charge on any atom is -0.408 e. The highest BCUT2D eigenvalue weighted by Crippen LogP contribution is 2.20. The highest BCUT2D eigenvalue weighted by Gasteiger charge is 2.13. The number of oxazole rings is 1. The predicted molar refractivity (Wildman–Crippen MR) is 102 cm³/mol. The molecule has 0 bridgehead atoms. The van der Waals surface area contributed by atoms with E-state index >= 15 is 0 Å². The first-order valence-corrected chi connectivity index (χ1v) is 8.84. The van der Waals surface area contributed by atoms with Gasteiger partial charge in [0.2, 0.25) is 5.91 Å². The Bertz CT molecular complexity index is 1060. The minimum atomic E-state index is -0.576. The van der Waals surface area contributed by atoms with E-state index in [-0.39, 0.29) is 17.0 Å². The lowest BCUT2D eigenvalue weighted by molar-refractivity contribution is -0.122. The van der Waals surface area contributed by atoms with Crippen LogP contribution in [0.4, 0.5) is 0 Å². The topological polar surface area (TPSA) is 93.3 Å². The molecule has 2 N–H and O–H groups in total. The molecule has 0 radical (unpaired) electrons. The Hall–Kier alpha value is -2.77. The summed E-state index contributed by atoms with van der Waals surface area (Å²) in [4.78, 5) is 35.8. The maximum absolute atomic E-state index is 12.0. The molecule has 3 rings (SSSR count). The zero-order chi connectivity index (χ0) is 19.4. The summed E-state index contributed by atoms with van der Waals surface area (Å²) >= 11 is 11.8. The van der Waals surface area contributed by atoms with Crippen molar-refractivity contribution in [3.05, 3.63) is 68.6 Å². The average Bonchev–Trinajstić information content (AvgIpc) is 2.97. The van der Waals surface area contributed by atoms with Crippen molar-refractivity contribution >= 4 is 46.1 Å². The molecule has 0 spiro atoms. The van der Waals surface area contributed by atoms with Crippen LogP contribution >= 0.6 is 23.2 Å². The molecule has 0 atom stereocenters. The Morgan fingerprint density at radius 1 is 1.07 bits per heavy atom. The van der Waals surface area contributed by atoms with Crippen LogP contribution in [0.5, 0.6) is 0 Å². The number of aromatic nitrogens is 1. The maximum Gasteiger partial charge on any atom is 0.419 e. The Balaban J connectivity index is 1.51. The zero-order valence-corrected chi connectivity index (χ0v) is 15.5. The number of amides is 2. The molecule has 2 amide bonds. The third kappa shape index (κ3) is 4.50. The van der Waals surface area contributed by atoms with Gasteiger partial charge in [-0.15, -0.1) is 0 Å². The lowest BCUT2D eigenvalue weighted by atomic mass is 10.2. The highest BCUT2D eigenvalue weighted by molar-refractivity contribution is 6.35. The fourth-order valence-corrected chi connectivity index (χ4v) is 2.93. The molecule has 27 heavy (non-hydrogen) atoms. The SMILES string of the molecule is O=C(CCCn1c(=O)oc2ccccc21)NNC(=O)c1cc(Cl)ccc1Cl. The predicted octanol–water partition coefficient (Wildman–Crippen LogP) is 3.14. The number of para-hydroxylation sites is 2. The lowest BCUT2D eigenvalue weighted by Crippen LogP contribution is -2.41. The number of fused-ring (bicyclic) bond motifs is 1. The van der Waals surface area contributed by atoms with Crippen molar-refractivity contribution in [3.63, 3.8) is 0 Å². The highest BCUT2D eigenvalue weighted by atomic mass is 35.5. The van der Waals surface area contributed by atoms with Crippen LogP contribution in [0.3, 0.4) is 0 Å². The first-order valence-electron chi connectivity index (χ1n) is 8.08. The van der Waals surface area contributed by atoms with Gasteiger partial charge in [0.05, 0.1) is 16.1 Å². The van der Waals surface area contributed by atoms with Gasteiger partial charge in [-0.05, 0) is 36.8 Å². The summed E-state index contributed by atoms with van der Waals surface area (Å²) in [5.74, 6) is -1.45. The second-order valence-corrected chi connectivity index (χ2v) is 6.56. The molecule has 140 valence electrons. The maximum atomic E-state index is 12.0. The Morgan fingerprint density at radius 3 is 2.67 bits per heavy atom. The summed E-state index contributed by atoms with van der Waals surface area (Å²) in [7, 11) is 0. The van der Waals surface area contributed by atoms with Gasteiger partial charge in [0.25, 0.3) is 5.91 Å². The molecule has 0 fully saturated rings. The van der Waals surface area contributed by atoms with Gasteiger partial charge in [-0.1, -0.05) is 35.3 Å². The molecule has 3 aromatic rings. The number of rotatable bonds is 5. The molecule has 0 unspecified atom stereocenters. The van der Waals surface area contributed by atoms with E-state index < -0.39 is 17.6 Å². The van der Waals surface area contributed by atoms with Gasteiger partial charge in [-0.3, -0.25) is 25.0 Å². The number of nitrogens with one attached hydrogen (secondary N) is 2. The van der Waals surface area contributed by atoms with Crippen LogP contribution in [0.25, 0.3) is 11.1 Å². The van der Waals surface area contributed by atoms with Gasteiger partial charge in [0.1, 0.15) is 0 Å². The van der Waals surface area contributed by atoms with Gasteiger partial charge >= 0.3 is 5.76 Å².